The van der Waals surface area contributed by atoms with Crippen molar-refractivity contribution in [2.45, 2.75) is 30.4 Å². The van der Waals surface area contributed by atoms with Gasteiger partial charge in [0.15, 0.2) is 0 Å². The third kappa shape index (κ3) is 8.93. The lowest BCUT2D eigenvalue weighted by Gasteiger charge is -2.51. The average Bonchev–Trinajstić information content (AvgIpc) is 3.92. The molecule has 0 amide bonds. The Balaban J connectivity index is 1.19. The van der Waals surface area contributed by atoms with Crippen molar-refractivity contribution < 1.29 is 0 Å². The number of hydrogen-bond acceptors (Lipinski definition) is 2. The Bertz CT molecular complexity index is 3530. The van der Waals surface area contributed by atoms with Gasteiger partial charge in [0.2, 0.25) is 0 Å². The quantitative estimate of drug-likeness (QED) is 0.114. The van der Waals surface area contributed by atoms with Gasteiger partial charge in [-0.15, -0.1) is 0 Å². The van der Waals surface area contributed by atoms with Crippen LogP contribution in [0, 0.1) is 0 Å². The normalized spacial score (nSPS) is 17.4. The predicted molar refractivity (Wildman–Crippen MR) is 360 cm³/mol. The maximum atomic E-state index is 2.58. The number of anilines is 6. The second-order valence-electron chi connectivity index (χ2n) is 24.8. The van der Waals surface area contributed by atoms with Gasteiger partial charge in [0.05, 0.1) is 10.8 Å². The molecule has 10 aromatic rings. The Labute approximate surface area is 484 Å². The van der Waals surface area contributed by atoms with Crippen LogP contribution in [0.15, 0.2) is 262 Å². The van der Waals surface area contributed by atoms with E-state index in [1.807, 2.05) is 0 Å². The maximum Gasteiger partial charge on any atom is 0.0642 e. The maximum absolute atomic E-state index is 2.58. The molecule has 0 heterocycles. The highest BCUT2D eigenvalue weighted by Crippen LogP contribution is 2.70. The largest absolute Gasteiger partial charge is 0.310 e. The molecule has 2 aliphatic carbocycles. The van der Waals surface area contributed by atoms with E-state index in [0.29, 0.717) is 0 Å². The van der Waals surface area contributed by atoms with Crippen LogP contribution >= 0.6 is 40.1 Å². The minimum absolute atomic E-state index is 0.804. The molecule has 0 radical (unpaired) electrons. The van der Waals surface area contributed by atoms with Gasteiger partial charge in [0.25, 0.3) is 0 Å². The van der Waals surface area contributed by atoms with Gasteiger partial charge >= 0.3 is 0 Å². The summed E-state index contributed by atoms with van der Waals surface area (Å²) in [5, 5.41) is 0. The molecule has 0 saturated heterocycles. The first-order chi connectivity index (χ1) is 38.2. The molecule has 0 spiro atoms. The van der Waals surface area contributed by atoms with Crippen molar-refractivity contribution in [3.8, 4) is 22.3 Å². The average molecular weight is 1120 g/mol. The first-order valence-electron chi connectivity index (χ1n) is 27.5. The zero-order valence-electron chi connectivity index (χ0n) is 48.6. The summed E-state index contributed by atoms with van der Waals surface area (Å²) in [6, 6.07) is 94.2. The van der Waals surface area contributed by atoms with E-state index in [-0.39, 0.29) is 0 Å². The molecule has 2 unspecified atom stereocenters. The summed E-state index contributed by atoms with van der Waals surface area (Å²) in [5.74, 6) is 0. The lowest BCUT2D eigenvalue weighted by molar-refractivity contribution is 0.437. The first kappa shape index (κ1) is 53.8. The van der Waals surface area contributed by atoms with Gasteiger partial charge in [0.1, 0.15) is 0 Å². The third-order valence-electron chi connectivity index (χ3n) is 16.8. The van der Waals surface area contributed by atoms with E-state index in [9.17, 15) is 0 Å². The number of hydrogen-bond donors (Lipinski definition) is 0. The van der Waals surface area contributed by atoms with Crippen molar-refractivity contribution in [2.75, 3.05) is 84.9 Å². The third-order valence-corrected chi connectivity index (χ3v) is 23.5. The van der Waals surface area contributed by atoms with Gasteiger partial charge in [-0.3, -0.25) is 0 Å². The molecule has 0 aliphatic heterocycles. The zero-order chi connectivity index (χ0) is 56.0. The van der Waals surface area contributed by atoms with Crippen LogP contribution in [0.2, 0.25) is 0 Å². The molecule has 2 aliphatic rings. The fourth-order valence-electron chi connectivity index (χ4n) is 13.0. The van der Waals surface area contributed by atoms with Crippen molar-refractivity contribution in [1.29, 1.82) is 0 Å². The molecule has 0 aromatic heterocycles. The summed E-state index contributed by atoms with van der Waals surface area (Å²) in [4.78, 5) is 10.6. The molecule has 10 aromatic carbocycles. The SMILES string of the molecule is CS(C)(C)c1ccc(N(c2ccc(S(C)(C)C)cc2)c2ccc3c(c2)C(c2ccccc2)(C2(c4ccccc4)c4ccccc4-c4ccc(N(c5ccc(S(C)(C)C)cc5)c5ccc(S(C)(C)C)cc5)cc42)c2ccccc2-3)cc1. The fraction of sp³-hybridized carbons (Fsp3) is 0.189. The molecule has 0 fully saturated rings. The smallest absolute Gasteiger partial charge is 0.0642 e. The highest BCUT2D eigenvalue weighted by Gasteiger charge is 2.64. The van der Waals surface area contributed by atoms with Crippen LogP contribution in [-0.4, -0.2) is 75.1 Å². The number of rotatable bonds is 13. The summed E-state index contributed by atoms with van der Waals surface area (Å²) < 4.78 is 0. The van der Waals surface area contributed by atoms with E-state index in [1.54, 1.807) is 0 Å². The Morgan fingerprint density at radius 3 is 0.738 bits per heavy atom. The van der Waals surface area contributed by atoms with Crippen molar-refractivity contribution in [2.24, 2.45) is 0 Å². The Morgan fingerprint density at radius 1 is 0.225 bits per heavy atom. The van der Waals surface area contributed by atoms with Gasteiger partial charge in [0, 0.05) is 34.1 Å². The fourth-order valence-corrected chi connectivity index (χ4v) is 16.8. The summed E-state index contributed by atoms with van der Waals surface area (Å²) in [7, 11) is -3.78. The summed E-state index contributed by atoms with van der Waals surface area (Å²) in [6.45, 7) is 0. The Hall–Kier alpha value is -6.80. The highest BCUT2D eigenvalue weighted by molar-refractivity contribution is 8.33. The highest BCUT2D eigenvalue weighted by atomic mass is 32.3. The minimum Gasteiger partial charge on any atom is -0.310 e. The van der Waals surface area contributed by atoms with Crippen LogP contribution in [-0.2, 0) is 10.8 Å². The Morgan fingerprint density at radius 2 is 0.463 bits per heavy atom. The molecule has 80 heavy (non-hydrogen) atoms. The predicted octanol–water partition coefficient (Wildman–Crippen LogP) is 20.2. The van der Waals surface area contributed by atoms with Crippen molar-refractivity contribution in [3.05, 3.63) is 276 Å². The van der Waals surface area contributed by atoms with E-state index < -0.39 is 50.9 Å². The number of nitrogens with zero attached hydrogens (tertiary/aromatic N) is 2. The van der Waals surface area contributed by atoms with E-state index in [1.165, 1.54) is 75.2 Å². The molecular formula is C74H76N2S4. The molecule has 0 bridgehead atoms. The van der Waals surface area contributed by atoms with Crippen molar-refractivity contribution >= 4 is 74.2 Å². The van der Waals surface area contributed by atoms with Gasteiger partial charge in [-0.25, -0.2) is 40.1 Å². The molecule has 406 valence electrons. The van der Waals surface area contributed by atoms with Gasteiger partial charge in [-0.1, -0.05) is 121 Å². The molecule has 0 N–H and O–H groups in total. The van der Waals surface area contributed by atoms with Crippen molar-refractivity contribution in [1.82, 2.24) is 0 Å². The topological polar surface area (TPSA) is 6.48 Å². The van der Waals surface area contributed by atoms with Crippen LogP contribution in [0.1, 0.15) is 33.4 Å². The lowest BCUT2D eigenvalue weighted by Crippen LogP contribution is -2.50. The molecule has 2 atom stereocenters. The van der Waals surface area contributed by atoms with E-state index in [2.05, 4.69) is 328 Å². The standard InChI is InChI=1S/C74H76N2S4/c1-77(2,3)61-41-31-55(32-42-61)75(56-33-43-62(44-34-56)78(4,5)6)59-39-49-67-65-27-19-21-29-69(65)73(71(67)51-59,53-23-15-13-16-24-53)74(54-25-17-14-18-26-54)70-30-22-20-28-66(70)68-50-40-60(52-72(68)74)76(57-35-45-63(46-36-57)79(7,8)9)58-37-47-64(48-38-58)80(10,11)12/h13-52H,1-12H3. The van der Waals surface area contributed by atoms with Crippen LogP contribution in [0.5, 0.6) is 0 Å². The van der Waals surface area contributed by atoms with E-state index >= 15 is 0 Å². The molecule has 2 nitrogen and oxygen atoms in total. The molecule has 6 heteroatoms. The second-order valence-corrected chi connectivity index (χ2v) is 41.4. The first-order valence-corrected chi connectivity index (χ1v) is 39.0. The van der Waals surface area contributed by atoms with Crippen LogP contribution in [0.3, 0.4) is 0 Å². The van der Waals surface area contributed by atoms with E-state index in [0.717, 1.165) is 34.1 Å². The van der Waals surface area contributed by atoms with Crippen LogP contribution in [0.4, 0.5) is 34.1 Å². The minimum atomic E-state index is -0.945. The molecule has 0 saturated carbocycles. The van der Waals surface area contributed by atoms with E-state index in [4.69, 9.17) is 0 Å². The summed E-state index contributed by atoms with van der Waals surface area (Å²) >= 11 is 0. The number of benzene rings is 10. The van der Waals surface area contributed by atoms with Crippen LogP contribution in [0.25, 0.3) is 22.3 Å². The number of fused-ring (bicyclic) bond motifs is 6. The summed E-state index contributed by atoms with van der Waals surface area (Å²) in [5.41, 5.74) is 17.9. The molecule has 12 rings (SSSR count). The monoisotopic (exact) mass is 1120 g/mol. The van der Waals surface area contributed by atoms with Crippen LogP contribution < -0.4 is 9.80 Å². The van der Waals surface area contributed by atoms with Gasteiger partial charge in [-0.2, -0.15) is 0 Å². The Kier molecular flexibility index (Phi) is 13.5. The van der Waals surface area contributed by atoms with Gasteiger partial charge in [-0.05, 0) is 272 Å². The second kappa shape index (κ2) is 20.0. The molecular weight excluding hydrogens is 1050 g/mol. The lowest BCUT2D eigenvalue weighted by atomic mass is 9.49. The van der Waals surface area contributed by atoms with Crippen molar-refractivity contribution in [3.63, 3.8) is 0 Å². The summed E-state index contributed by atoms with van der Waals surface area (Å²) in [6.07, 6.45) is 28.6. The van der Waals surface area contributed by atoms with Gasteiger partial charge < -0.3 is 9.80 Å². The zero-order valence-corrected chi connectivity index (χ0v) is 51.9.